The van der Waals surface area contributed by atoms with E-state index in [9.17, 15) is 0 Å². The third-order valence-electron chi connectivity index (χ3n) is 1.99. The van der Waals surface area contributed by atoms with Crippen molar-refractivity contribution in [2.24, 2.45) is 0 Å². The SMILES string of the molecule is CCCOc1cnn(-c2nc(N)ncc2Cl)c1. The van der Waals surface area contributed by atoms with Gasteiger partial charge in [-0.25, -0.2) is 9.67 Å². The van der Waals surface area contributed by atoms with Crippen LogP contribution in [0.1, 0.15) is 13.3 Å². The molecule has 0 atom stereocenters. The molecule has 0 saturated carbocycles. The highest BCUT2D eigenvalue weighted by atomic mass is 35.5. The van der Waals surface area contributed by atoms with Crippen LogP contribution in [0.25, 0.3) is 5.82 Å². The van der Waals surface area contributed by atoms with Gasteiger partial charge in [-0.2, -0.15) is 10.1 Å². The van der Waals surface area contributed by atoms with Crippen LogP contribution in [0.5, 0.6) is 5.75 Å². The minimum atomic E-state index is 0.149. The number of hydrogen-bond donors (Lipinski definition) is 1. The molecule has 0 spiro atoms. The van der Waals surface area contributed by atoms with Crippen LogP contribution in [0.2, 0.25) is 5.02 Å². The molecule has 0 unspecified atom stereocenters. The van der Waals surface area contributed by atoms with Crippen molar-refractivity contribution in [3.63, 3.8) is 0 Å². The number of hydrogen-bond acceptors (Lipinski definition) is 5. The van der Waals surface area contributed by atoms with E-state index in [0.717, 1.165) is 6.42 Å². The molecule has 90 valence electrons. The molecule has 17 heavy (non-hydrogen) atoms. The van der Waals surface area contributed by atoms with Gasteiger partial charge in [0.2, 0.25) is 5.95 Å². The van der Waals surface area contributed by atoms with E-state index >= 15 is 0 Å². The molecule has 0 saturated heterocycles. The molecule has 2 heterocycles. The monoisotopic (exact) mass is 253 g/mol. The first-order chi connectivity index (χ1) is 8.20. The van der Waals surface area contributed by atoms with Gasteiger partial charge < -0.3 is 10.5 Å². The van der Waals surface area contributed by atoms with Crippen LogP contribution in [0.4, 0.5) is 5.95 Å². The van der Waals surface area contributed by atoms with E-state index in [4.69, 9.17) is 22.1 Å². The lowest BCUT2D eigenvalue weighted by molar-refractivity contribution is 0.317. The number of aromatic nitrogens is 4. The number of rotatable bonds is 4. The molecule has 0 aromatic carbocycles. The van der Waals surface area contributed by atoms with Gasteiger partial charge in [0, 0.05) is 0 Å². The van der Waals surface area contributed by atoms with Gasteiger partial charge in [-0.1, -0.05) is 18.5 Å². The van der Waals surface area contributed by atoms with Crippen molar-refractivity contribution in [1.82, 2.24) is 19.7 Å². The lowest BCUT2D eigenvalue weighted by Crippen LogP contribution is -2.03. The molecular formula is C10H12ClN5O. The maximum absolute atomic E-state index is 5.96. The summed E-state index contributed by atoms with van der Waals surface area (Å²) < 4.78 is 6.93. The summed E-state index contributed by atoms with van der Waals surface area (Å²) in [4.78, 5) is 7.80. The third-order valence-corrected chi connectivity index (χ3v) is 2.26. The maximum Gasteiger partial charge on any atom is 0.222 e. The largest absolute Gasteiger partial charge is 0.490 e. The topological polar surface area (TPSA) is 78.8 Å². The Kier molecular flexibility index (Phi) is 3.43. The van der Waals surface area contributed by atoms with Crippen LogP contribution >= 0.6 is 11.6 Å². The standard InChI is InChI=1S/C10H12ClN5O/c1-2-3-17-7-4-14-16(6-7)9-8(11)5-13-10(12)15-9/h4-6H,2-3H2,1H3,(H2,12,13,15). The number of nitrogen functional groups attached to an aromatic ring is 1. The van der Waals surface area contributed by atoms with Crippen molar-refractivity contribution in [1.29, 1.82) is 0 Å². The van der Waals surface area contributed by atoms with Gasteiger partial charge in [0.1, 0.15) is 5.02 Å². The van der Waals surface area contributed by atoms with E-state index in [-0.39, 0.29) is 5.95 Å². The first kappa shape index (κ1) is 11.7. The molecule has 0 aliphatic carbocycles. The van der Waals surface area contributed by atoms with E-state index in [0.29, 0.717) is 23.2 Å². The van der Waals surface area contributed by atoms with Crippen LogP contribution in [0.15, 0.2) is 18.6 Å². The minimum absolute atomic E-state index is 0.149. The van der Waals surface area contributed by atoms with Gasteiger partial charge >= 0.3 is 0 Å². The number of nitrogens with two attached hydrogens (primary N) is 1. The van der Waals surface area contributed by atoms with Crippen LogP contribution in [0.3, 0.4) is 0 Å². The van der Waals surface area contributed by atoms with Crippen molar-refractivity contribution >= 4 is 17.5 Å². The van der Waals surface area contributed by atoms with Gasteiger partial charge in [-0.3, -0.25) is 0 Å². The molecule has 2 N–H and O–H groups in total. The molecule has 0 radical (unpaired) electrons. The summed E-state index contributed by atoms with van der Waals surface area (Å²) >= 11 is 5.96. The van der Waals surface area contributed by atoms with E-state index < -0.39 is 0 Å². The molecule has 0 aliphatic heterocycles. The number of anilines is 1. The van der Waals surface area contributed by atoms with Crippen molar-refractivity contribution < 1.29 is 4.74 Å². The number of ether oxygens (including phenoxy) is 1. The Bertz CT molecular complexity index is 513. The summed E-state index contributed by atoms with van der Waals surface area (Å²) in [6.07, 6.45) is 5.67. The van der Waals surface area contributed by atoms with Crippen molar-refractivity contribution in [2.45, 2.75) is 13.3 Å². The molecule has 0 aliphatic rings. The molecular weight excluding hydrogens is 242 g/mol. The molecule has 0 fully saturated rings. The zero-order valence-corrected chi connectivity index (χ0v) is 10.1. The Morgan fingerprint density at radius 1 is 1.47 bits per heavy atom. The summed E-state index contributed by atoms with van der Waals surface area (Å²) in [5, 5.41) is 4.48. The number of nitrogens with zero attached hydrogens (tertiary/aromatic N) is 4. The van der Waals surface area contributed by atoms with Crippen LogP contribution in [-0.4, -0.2) is 26.4 Å². The molecule has 0 amide bonds. The lowest BCUT2D eigenvalue weighted by atomic mass is 10.5. The summed E-state index contributed by atoms with van der Waals surface area (Å²) in [6, 6.07) is 0. The Hall–Kier alpha value is -1.82. The highest BCUT2D eigenvalue weighted by Crippen LogP contribution is 2.19. The zero-order chi connectivity index (χ0) is 12.3. The zero-order valence-electron chi connectivity index (χ0n) is 9.30. The predicted octanol–water partition coefficient (Wildman–Crippen LogP) is 1.69. The van der Waals surface area contributed by atoms with E-state index in [2.05, 4.69) is 15.1 Å². The van der Waals surface area contributed by atoms with Gasteiger partial charge in [-0.15, -0.1) is 0 Å². The Labute approximate surface area is 103 Å². The Morgan fingerprint density at radius 3 is 3.06 bits per heavy atom. The van der Waals surface area contributed by atoms with Crippen molar-refractivity contribution in [3.05, 3.63) is 23.6 Å². The van der Waals surface area contributed by atoms with E-state index in [1.165, 1.54) is 10.9 Å². The first-order valence-corrected chi connectivity index (χ1v) is 5.54. The smallest absolute Gasteiger partial charge is 0.222 e. The summed E-state index contributed by atoms with van der Waals surface area (Å²) in [7, 11) is 0. The summed E-state index contributed by atoms with van der Waals surface area (Å²) in [5.74, 6) is 1.25. The molecule has 2 aromatic rings. The van der Waals surface area contributed by atoms with Gasteiger partial charge in [-0.05, 0) is 6.42 Å². The molecule has 2 aromatic heterocycles. The fourth-order valence-corrected chi connectivity index (χ4v) is 1.43. The summed E-state index contributed by atoms with van der Waals surface area (Å²) in [6.45, 7) is 2.68. The van der Waals surface area contributed by atoms with E-state index in [1.54, 1.807) is 12.4 Å². The fraction of sp³-hybridized carbons (Fsp3) is 0.300. The second-order valence-electron chi connectivity index (χ2n) is 3.37. The highest BCUT2D eigenvalue weighted by molar-refractivity contribution is 6.32. The first-order valence-electron chi connectivity index (χ1n) is 5.16. The van der Waals surface area contributed by atoms with Crippen LogP contribution in [-0.2, 0) is 0 Å². The van der Waals surface area contributed by atoms with Crippen LogP contribution < -0.4 is 10.5 Å². The summed E-state index contributed by atoms with van der Waals surface area (Å²) in [5.41, 5.74) is 5.50. The average molecular weight is 254 g/mol. The highest BCUT2D eigenvalue weighted by Gasteiger charge is 2.08. The normalized spacial score (nSPS) is 10.5. The Morgan fingerprint density at radius 2 is 2.29 bits per heavy atom. The lowest BCUT2D eigenvalue weighted by Gasteiger charge is -2.03. The number of halogens is 1. The van der Waals surface area contributed by atoms with Crippen molar-refractivity contribution in [3.8, 4) is 11.6 Å². The quantitative estimate of drug-likeness (QED) is 0.897. The van der Waals surface area contributed by atoms with Crippen LogP contribution in [0, 0.1) is 0 Å². The van der Waals surface area contributed by atoms with Gasteiger partial charge in [0.25, 0.3) is 0 Å². The molecule has 0 bridgehead atoms. The van der Waals surface area contributed by atoms with Gasteiger partial charge in [0.15, 0.2) is 11.6 Å². The predicted molar refractivity (Wildman–Crippen MR) is 64.4 cm³/mol. The average Bonchev–Trinajstić information content (AvgIpc) is 2.78. The fourth-order valence-electron chi connectivity index (χ4n) is 1.25. The second kappa shape index (κ2) is 5.01. The third kappa shape index (κ3) is 2.65. The van der Waals surface area contributed by atoms with Crippen molar-refractivity contribution in [2.75, 3.05) is 12.3 Å². The maximum atomic E-state index is 5.96. The molecule has 7 heteroatoms. The Balaban J connectivity index is 2.27. The molecule has 2 rings (SSSR count). The molecule has 6 nitrogen and oxygen atoms in total. The van der Waals surface area contributed by atoms with Gasteiger partial charge in [0.05, 0.1) is 25.2 Å². The minimum Gasteiger partial charge on any atom is -0.490 e. The second-order valence-corrected chi connectivity index (χ2v) is 3.78. The van der Waals surface area contributed by atoms with E-state index in [1.807, 2.05) is 6.92 Å².